The van der Waals surface area contributed by atoms with Crippen molar-refractivity contribution in [1.29, 1.82) is 5.26 Å². The molecule has 2 rings (SSSR count). The summed E-state index contributed by atoms with van der Waals surface area (Å²) in [6, 6.07) is 12.1. The molecule has 0 aliphatic heterocycles. The smallest absolute Gasteiger partial charge is 0.269 e. The lowest BCUT2D eigenvalue weighted by Gasteiger charge is -2.10. The van der Waals surface area contributed by atoms with E-state index >= 15 is 0 Å². The molecule has 0 unspecified atom stereocenters. The number of carbonyl (C=O) groups is 1. The molecule has 2 aromatic rings. The first kappa shape index (κ1) is 15.0. The van der Waals surface area contributed by atoms with E-state index in [0.29, 0.717) is 11.4 Å². The molecule has 6 heteroatoms. The lowest BCUT2D eigenvalue weighted by atomic mass is 10.2. The van der Waals surface area contributed by atoms with Crippen LogP contribution in [0.4, 0.5) is 5.69 Å². The number of anilines is 1. The molecule has 0 fully saturated rings. The lowest BCUT2D eigenvalue weighted by molar-refractivity contribution is -0.116. The Labute approximate surface area is 130 Å². The Balaban J connectivity index is 2.21. The maximum Gasteiger partial charge on any atom is 0.269 e. The Bertz CT molecular complexity index is 790. The number of aryl methyl sites for hydroxylation is 1. The van der Waals surface area contributed by atoms with Gasteiger partial charge in [-0.25, -0.2) is 0 Å². The Morgan fingerprint density at radius 3 is 2.81 bits per heavy atom. The fourth-order valence-electron chi connectivity index (χ4n) is 1.86. The van der Waals surface area contributed by atoms with Crippen molar-refractivity contribution >= 4 is 27.5 Å². The van der Waals surface area contributed by atoms with Crippen molar-refractivity contribution in [2.45, 2.75) is 13.5 Å². The van der Waals surface area contributed by atoms with Crippen LogP contribution >= 0.6 is 15.9 Å². The van der Waals surface area contributed by atoms with E-state index in [0.717, 1.165) is 4.47 Å². The van der Waals surface area contributed by atoms with Crippen LogP contribution in [0.15, 0.2) is 45.7 Å². The molecule has 1 amide bonds. The summed E-state index contributed by atoms with van der Waals surface area (Å²) in [5, 5.41) is 11.6. The van der Waals surface area contributed by atoms with Crippen molar-refractivity contribution in [3.05, 3.63) is 62.5 Å². The molecule has 21 heavy (non-hydrogen) atoms. The van der Waals surface area contributed by atoms with Crippen molar-refractivity contribution in [2.75, 3.05) is 5.32 Å². The van der Waals surface area contributed by atoms with Gasteiger partial charge >= 0.3 is 0 Å². The van der Waals surface area contributed by atoms with E-state index in [1.807, 2.05) is 12.1 Å². The van der Waals surface area contributed by atoms with Crippen LogP contribution in [0.25, 0.3) is 0 Å². The van der Waals surface area contributed by atoms with E-state index in [4.69, 9.17) is 5.26 Å². The third-order valence-corrected chi connectivity index (χ3v) is 3.42. The number of hydrogen-bond donors (Lipinski definition) is 1. The van der Waals surface area contributed by atoms with Crippen LogP contribution in [0.5, 0.6) is 0 Å². The van der Waals surface area contributed by atoms with Gasteiger partial charge in [0.15, 0.2) is 0 Å². The van der Waals surface area contributed by atoms with Crippen molar-refractivity contribution < 1.29 is 4.79 Å². The number of aromatic nitrogens is 1. The fraction of sp³-hybridized carbons (Fsp3) is 0.133. The third-order valence-electron chi connectivity index (χ3n) is 2.92. The average molecular weight is 346 g/mol. The highest BCUT2D eigenvalue weighted by molar-refractivity contribution is 9.10. The van der Waals surface area contributed by atoms with Crippen LogP contribution in [-0.4, -0.2) is 10.5 Å². The second kappa shape index (κ2) is 6.37. The molecule has 0 saturated heterocycles. The van der Waals surface area contributed by atoms with Gasteiger partial charge in [-0.1, -0.05) is 22.0 Å². The van der Waals surface area contributed by atoms with E-state index < -0.39 is 5.56 Å². The number of benzene rings is 1. The Morgan fingerprint density at radius 1 is 1.38 bits per heavy atom. The first-order valence-corrected chi connectivity index (χ1v) is 6.96. The van der Waals surface area contributed by atoms with Gasteiger partial charge in [-0.3, -0.25) is 9.59 Å². The number of amides is 1. The van der Waals surface area contributed by atoms with E-state index in [9.17, 15) is 9.59 Å². The van der Waals surface area contributed by atoms with Gasteiger partial charge < -0.3 is 9.88 Å². The molecule has 5 nitrogen and oxygen atoms in total. The van der Waals surface area contributed by atoms with E-state index in [1.165, 1.54) is 10.6 Å². The SMILES string of the molecule is Cc1ccc(C#N)c(=O)n1CC(=O)Nc1cccc(Br)c1. The molecule has 0 atom stereocenters. The van der Waals surface area contributed by atoms with Crippen LogP contribution in [0.3, 0.4) is 0 Å². The maximum absolute atomic E-state index is 12.0. The van der Waals surface area contributed by atoms with Crippen molar-refractivity contribution in [2.24, 2.45) is 0 Å². The molecule has 0 aliphatic rings. The third kappa shape index (κ3) is 3.58. The molecular weight excluding hydrogens is 334 g/mol. The number of halogens is 1. The van der Waals surface area contributed by atoms with E-state index in [1.54, 1.807) is 31.2 Å². The second-order valence-electron chi connectivity index (χ2n) is 4.45. The number of rotatable bonds is 3. The van der Waals surface area contributed by atoms with Crippen LogP contribution in [0, 0.1) is 18.3 Å². The summed E-state index contributed by atoms with van der Waals surface area (Å²) in [4.78, 5) is 24.0. The molecule has 0 aliphatic carbocycles. The summed E-state index contributed by atoms with van der Waals surface area (Å²) < 4.78 is 2.13. The van der Waals surface area contributed by atoms with Crippen molar-refractivity contribution in [3.8, 4) is 6.07 Å². The molecule has 1 N–H and O–H groups in total. The number of nitriles is 1. The van der Waals surface area contributed by atoms with Crippen molar-refractivity contribution in [3.63, 3.8) is 0 Å². The van der Waals surface area contributed by atoms with Gasteiger partial charge in [0.2, 0.25) is 5.91 Å². The molecular formula is C15H12BrN3O2. The van der Waals surface area contributed by atoms with Gasteiger partial charge in [0.1, 0.15) is 18.2 Å². The van der Waals surface area contributed by atoms with Crippen LogP contribution in [0.2, 0.25) is 0 Å². The van der Waals surface area contributed by atoms with Crippen LogP contribution < -0.4 is 10.9 Å². The summed E-state index contributed by atoms with van der Waals surface area (Å²) >= 11 is 3.32. The monoisotopic (exact) mass is 345 g/mol. The molecule has 1 aromatic heterocycles. The van der Waals surface area contributed by atoms with Gasteiger partial charge in [0.05, 0.1) is 0 Å². The highest BCUT2D eigenvalue weighted by Gasteiger charge is 2.10. The van der Waals surface area contributed by atoms with Gasteiger partial charge in [-0.05, 0) is 37.3 Å². The Morgan fingerprint density at radius 2 is 2.14 bits per heavy atom. The highest BCUT2D eigenvalue weighted by Crippen LogP contribution is 2.15. The van der Waals surface area contributed by atoms with Gasteiger partial charge in [-0.2, -0.15) is 5.26 Å². The summed E-state index contributed by atoms with van der Waals surface area (Å²) in [6.07, 6.45) is 0. The molecule has 0 bridgehead atoms. The standard InChI is InChI=1S/C15H12BrN3O2/c1-10-5-6-11(8-17)15(21)19(10)9-14(20)18-13-4-2-3-12(16)7-13/h2-7H,9H2,1H3,(H,18,20). The van der Waals surface area contributed by atoms with Crippen LogP contribution in [0.1, 0.15) is 11.3 Å². The minimum absolute atomic E-state index is 0.0239. The quantitative estimate of drug-likeness (QED) is 0.928. The second-order valence-corrected chi connectivity index (χ2v) is 5.37. The zero-order valence-corrected chi connectivity index (χ0v) is 12.8. The average Bonchev–Trinajstić information content (AvgIpc) is 2.43. The predicted octanol–water partition coefficient (Wildman–Crippen LogP) is 2.43. The molecule has 0 radical (unpaired) electrons. The number of hydrogen-bond acceptors (Lipinski definition) is 3. The van der Waals surface area contributed by atoms with Gasteiger partial charge in [-0.15, -0.1) is 0 Å². The van der Waals surface area contributed by atoms with Gasteiger partial charge in [0.25, 0.3) is 5.56 Å². The topological polar surface area (TPSA) is 74.9 Å². The summed E-state index contributed by atoms with van der Waals surface area (Å²) in [5.74, 6) is -0.326. The summed E-state index contributed by atoms with van der Waals surface area (Å²) in [5.41, 5.74) is 0.831. The Hall–Kier alpha value is -2.39. The number of carbonyl (C=O) groups excluding carboxylic acids is 1. The Kier molecular flexibility index (Phi) is 4.55. The van der Waals surface area contributed by atoms with Gasteiger partial charge in [0, 0.05) is 15.9 Å². The lowest BCUT2D eigenvalue weighted by Crippen LogP contribution is -2.30. The zero-order valence-electron chi connectivity index (χ0n) is 11.3. The minimum Gasteiger partial charge on any atom is -0.324 e. The van der Waals surface area contributed by atoms with E-state index in [2.05, 4.69) is 21.2 Å². The fourth-order valence-corrected chi connectivity index (χ4v) is 2.26. The molecule has 106 valence electrons. The number of nitrogens with zero attached hydrogens (tertiary/aromatic N) is 2. The van der Waals surface area contributed by atoms with Crippen LogP contribution in [-0.2, 0) is 11.3 Å². The first-order valence-electron chi connectivity index (χ1n) is 6.17. The molecule has 0 spiro atoms. The normalized spacial score (nSPS) is 9.95. The minimum atomic E-state index is -0.457. The highest BCUT2D eigenvalue weighted by atomic mass is 79.9. The maximum atomic E-state index is 12.0. The predicted molar refractivity (Wildman–Crippen MR) is 82.9 cm³/mol. The first-order chi connectivity index (χ1) is 10.0. The molecule has 0 saturated carbocycles. The largest absolute Gasteiger partial charge is 0.324 e. The number of pyridine rings is 1. The zero-order chi connectivity index (χ0) is 15.4. The summed E-state index contributed by atoms with van der Waals surface area (Å²) in [7, 11) is 0. The summed E-state index contributed by atoms with van der Waals surface area (Å²) in [6.45, 7) is 1.58. The van der Waals surface area contributed by atoms with E-state index in [-0.39, 0.29) is 18.0 Å². The number of nitrogens with one attached hydrogen (secondary N) is 1. The van der Waals surface area contributed by atoms with Crippen molar-refractivity contribution in [1.82, 2.24) is 4.57 Å². The molecule has 1 aromatic carbocycles. The molecule has 1 heterocycles.